The number of rotatable bonds is 5. The molecule has 1 amide bonds. The maximum atomic E-state index is 12.3. The lowest BCUT2D eigenvalue weighted by Gasteiger charge is -2.12. The van der Waals surface area contributed by atoms with Crippen LogP contribution in [0.5, 0.6) is 0 Å². The van der Waals surface area contributed by atoms with Crippen LogP contribution in [0.25, 0.3) is 11.2 Å². The molecule has 0 aromatic carbocycles. The van der Waals surface area contributed by atoms with Crippen LogP contribution < -0.4 is 16.4 Å². The van der Waals surface area contributed by atoms with Crippen molar-refractivity contribution in [1.29, 1.82) is 0 Å². The Balaban J connectivity index is 1.94. The van der Waals surface area contributed by atoms with Crippen molar-refractivity contribution < 1.29 is 9.21 Å². The van der Waals surface area contributed by atoms with Gasteiger partial charge in [0.25, 0.3) is 0 Å². The predicted molar refractivity (Wildman–Crippen MR) is 86.5 cm³/mol. The Kier molecular flexibility index (Phi) is 4.28. The summed E-state index contributed by atoms with van der Waals surface area (Å²) in [4.78, 5) is 40.8. The van der Waals surface area contributed by atoms with Gasteiger partial charge in [-0.05, 0) is 31.2 Å². The maximum absolute atomic E-state index is 12.3. The summed E-state index contributed by atoms with van der Waals surface area (Å²) >= 11 is 0. The molecular weight excluding hydrogens is 312 g/mol. The second kappa shape index (κ2) is 6.53. The molecule has 0 aliphatic heterocycles. The summed E-state index contributed by atoms with van der Waals surface area (Å²) in [5.41, 5.74) is -0.617. The topological polar surface area (TPSA) is 99.1 Å². The number of aromatic nitrogens is 3. The highest BCUT2D eigenvalue weighted by Gasteiger charge is 2.15. The number of carbonyl (C=O) groups excluding carboxylic acids is 1. The zero-order chi connectivity index (χ0) is 17.1. The SMILES string of the molecule is CCn1c(=O)c(=O)n(CC(=O)NCc2ccco2)c2cccnc21. The van der Waals surface area contributed by atoms with Crippen LogP contribution in [0.4, 0.5) is 0 Å². The highest BCUT2D eigenvalue weighted by molar-refractivity contribution is 5.78. The third-order valence-corrected chi connectivity index (χ3v) is 3.64. The highest BCUT2D eigenvalue weighted by Crippen LogP contribution is 2.07. The number of pyridine rings is 1. The first-order chi connectivity index (χ1) is 11.6. The molecule has 0 aliphatic rings. The first kappa shape index (κ1) is 15.7. The van der Waals surface area contributed by atoms with Gasteiger partial charge in [0, 0.05) is 12.7 Å². The molecule has 0 radical (unpaired) electrons. The van der Waals surface area contributed by atoms with Crippen molar-refractivity contribution in [2.45, 2.75) is 26.6 Å². The van der Waals surface area contributed by atoms with E-state index in [9.17, 15) is 14.4 Å². The van der Waals surface area contributed by atoms with Gasteiger partial charge in [-0.2, -0.15) is 0 Å². The summed E-state index contributed by atoms with van der Waals surface area (Å²) in [7, 11) is 0. The Labute approximate surface area is 136 Å². The second-order valence-corrected chi connectivity index (χ2v) is 5.14. The molecule has 124 valence electrons. The van der Waals surface area contributed by atoms with E-state index >= 15 is 0 Å². The van der Waals surface area contributed by atoms with Crippen molar-refractivity contribution >= 4 is 17.1 Å². The Morgan fingerprint density at radius 1 is 1.21 bits per heavy atom. The quantitative estimate of drug-likeness (QED) is 0.687. The van der Waals surface area contributed by atoms with Gasteiger partial charge < -0.3 is 9.73 Å². The Hall–Kier alpha value is -3.16. The molecule has 24 heavy (non-hydrogen) atoms. The van der Waals surface area contributed by atoms with Gasteiger partial charge in [0.15, 0.2) is 5.65 Å². The number of nitrogens with zero attached hydrogens (tertiary/aromatic N) is 3. The normalized spacial score (nSPS) is 10.9. The molecule has 3 heterocycles. The monoisotopic (exact) mass is 328 g/mol. The largest absolute Gasteiger partial charge is 0.467 e. The number of aryl methyl sites for hydroxylation is 1. The van der Waals surface area contributed by atoms with Gasteiger partial charge in [-0.15, -0.1) is 0 Å². The van der Waals surface area contributed by atoms with Crippen LogP contribution in [0.1, 0.15) is 12.7 Å². The molecule has 0 saturated carbocycles. The number of nitrogens with one attached hydrogen (secondary N) is 1. The van der Waals surface area contributed by atoms with E-state index in [0.29, 0.717) is 23.5 Å². The lowest BCUT2D eigenvalue weighted by molar-refractivity contribution is -0.121. The lowest BCUT2D eigenvalue weighted by Crippen LogP contribution is -2.43. The zero-order valence-electron chi connectivity index (χ0n) is 13.1. The second-order valence-electron chi connectivity index (χ2n) is 5.14. The summed E-state index contributed by atoms with van der Waals surface area (Å²) in [5.74, 6) is 0.205. The smallest absolute Gasteiger partial charge is 0.318 e. The molecule has 1 N–H and O–H groups in total. The molecule has 8 nitrogen and oxygen atoms in total. The molecule has 0 atom stereocenters. The fourth-order valence-electron chi connectivity index (χ4n) is 2.49. The standard InChI is InChI=1S/C16H16N4O4/c1-2-19-14-12(6-3-7-17-14)20(16(23)15(19)22)10-13(21)18-9-11-5-4-8-24-11/h3-8H,2,9-10H2,1H3,(H,18,21). The average molecular weight is 328 g/mol. The van der Waals surface area contributed by atoms with Crippen LogP contribution >= 0.6 is 0 Å². The number of hydrogen-bond acceptors (Lipinski definition) is 5. The molecule has 0 spiro atoms. The first-order valence-corrected chi connectivity index (χ1v) is 7.49. The summed E-state index contributed by atoms with van der Waals surface area (Å²) < 4.78 is 7.58. The van der Waals surface area contributed by atoms with Crippen LogP contribution in [0.3, 0.4) is 0 Å². The van der Waals surface area contributed by atoms with E-state index in [-0.39, 0.29) is 13.1 Å². The molecule has 0 aliphatic carbocycles. The Morgan fingerprint density at radius 3 is 2.71 bits per heavy atom. The van der Waals surface area contributed by atoms with Gasteiger partial charge in [0.2, 0.25) is 5.91 Å². The molecule has 3 aromatic rings. The minimum absolute atomic E-state index is 0.211. The lowest BCUT2D eigenvalue weighted by atomic mass is 10.3. The third-order valence-electron chi connectivity index (χ3n) is 3.64. The Bertz CT molecular complexity index is 985. The van der Waals surface area contributed by atoms with Crippen molar-refractivity contribution in [3.05, 3.63) is 63.2 Å². The van der Waals surface area contributed by atoms with Gasteiger partial charge in [-0.1, -0.05) is 0 Å². The van der Waals surface area contributed by atoms with Crippen LogP contribution in [-0.4, -0.2) is 20.0 Å². The molecule has 0 bridgehead atoms. The van der Waals surface area contributed by atoms with Crippen LogP contribution in [0.2, 0.25) is 0 Å². The summed E-state index contributed by atoms with van der Waals surface area (Å²) in [6, 6.07) is 6.77. The van der Waals surface area contributed by atoms with E-state index in [2.05, 4.69) is 10.3 Å². The number of hydrogen-bond donors (Lipinski definition) is 1. The van der Waals surface area contributed by atoms with E-state index in [0.717, 1.165) is 4.57 Å². The van der Waals surface area contributed by atoms with Crippen molar-refractivity contribution in [3.63, 3.8) is 0 Å². The van der Waals surface area contributed by atoms with Gasteiger partial charge >= 0.3 is 11.1 Å². The van der Waals surface area contributed by atoms with Crippen molar-refractivity contribution in [2.24, 2.45) is 0 Å². The molecular formula is C16H16N4O4. The summed E-state index contributed by atoms with van der Waals surface area (Å²) in [5, 5.41) is 2.65. The van der Waals surface area contributed by atoms with E-state index in [1.54, 1.807) is 37.4 Å². The number of fused-ring (bicyclic) bond motifs is 1. The minimum Gasteiger partial charge on any atom is -0.467 e. The molecule has 3 aromatic heterocycles. The van der Waals surface area contributed by atoms with Crippen molar-refractivity contribution in [2.75, 3.05) is 0 Å². The minimum atomic E-state index is -0.745. The Morgan fingerprint density at radius 2 is 2.00 bits per heavy atom. The van der Waals surface area contributed by atoms with Gasteiger partial charge in [-0.3, -0.25) is 23.5 Å². The van der Waals surface area contributed by atoms with E-state index in [1.165, 1.54) is 10.8 Å². The molecule has 3 rings (SSSR count). The van der Waals surface area contributed by atoms with Crippen LogP contribution in [-0.2, 0) is 24.4 Å². The van der Waals surface area contributed by atoms with Gasteiger partial charge in [0.05, 0.1) is 18.3 Å². The van der Waals surface area contributed by atoms with Crippen LogP contribution in [0, 0.1) is 0 Å². The third kappa shape index (κ3) is 2.85. The highest BCUT2D eigenvalue weighted by atomic mass is 16.3. The molecule has 0 unspecified atom stereocenters. The number of amides is 1. The average Bonchev–Trinajstić information content (AvgIpc) is 3.11. The first-order valence-electron chi connectivity index (χ1n) is 7.49. The molecule has 8 heteroatoms. The van der Waals surface area contributed by atoms with Crippen LogP contribution in [0.15, 0.2) is 50.7 Å². The van der Waals surface area contributed by atoms with Crippen molar-refractivity contribution in [1.82, 2.24) is 19.4 Å². The molecule has 0 fully saturated rings. The van der Waals surface area contributed by atoms with Gasteiger partial charge in [-0.25, -0.2) is 4.98 Å². The van der Waals surface area contributed by atoms with E-state index < -0.39 is 17.0 Å². The number of carbonyl (C=O) groups is 1. The fraction of sp³-hybridized carbons (Fsp3) is 0.250. The van der Waals surface area contributed by atoms with E-state index in [4.69, 9.17) is 4.42 Å². The fourth-order valence-corrected chi connectivity index (χ4v) is 2.49. The molecule has 0 saturated heterocycles. The maximum Gasteiger partial charge on any atom is 0.318 e. The summed E-state index contributed by atoms with van der Waals surface area (Å²) in [6.45, 7) is 2.03. The van der Waals surface area contributed by atoms with Gasteiger partial charge in [0.1, 0.15) is 12.3 Å². The summed E-state index contributed by atoms with van der Waals surface area (Å²) in [6.07, 6.45) is 3.05. The van der Waals surface area contributed by atoms with Crippen molar-refractivity contribution in [3.8, 4) is 0 Å². The number of furan rings is 1. The van der Waals surface area contributed by atoms with E-state index in [1.807, 2.05) is 0 Å². The predicted octanol–water partition coefficient (Wildman–Crippen LogP) is 0.488. The zero-order valence-corrected chi connectivity index (χ0v) is 13.1.